The van der Waals surface area contributed by atoms with Crippen molar-refractivity contribution in [2.24, 2.45) is 5.92 Å². The van der Waals surface area contributed by atoms with Gasteiger partial charge >= 0.3 is 0 Å². The van der Waals surface area contributed by atoms with Gasteiger partial charge in [-0.3, -0.25) is 9.89 Å². The number of nitrogens with zero attached hydrogens (tertiary/aromatic N) is 2. The number of rotatable bonds is 5. The quantitative estimate of drug-likeness (QED) is 0.813. The Morgan fingerprint density at radius 2 is 2.38 bits per heavy atom. The number of amides is 1. The number of hydrogen-bond acceptors (Lipinski definition) is 4. The van der Waals surface area contributed by atoms with E-state index >= 15 is 0 Å². The van der Waals surface area contributed by atoms with Gasteiger partial charge in [-0.05, 0) is 31.5 Å². The Bertz CT molecular complexity index is 580. The van der Waals surface area contributed by atoms with E-state index in [-0.39, 0.29) is 17.9 Å². The highest BCUT2D eigenvalue weighted by atomic mass is 32.1. The van der Waals surface area contributed by atoms with Crippen LogP contribution in [0.3, 0.4) is 0 Å². The minimum absolute atomic E-state index is 0.0330. The molecule has 1 amide bonds. The number of H-pyrrole nitrogens is 1. The number of carbonyl (C=O) groups is 1. The van der Waals surface area contributed by atoms with E-state index in [1.807, 2.05) is 4.57 Å². The van der Waals surface area contributed by atoms with Crippen molar-refractivity contribution in [2.75, 3.05) is 6.54 Å². The zero-order chi connectivity index (χ0) is 15.0. The molecule has 3 rings (SSSR count). The zero-order valence-electron chi connectivity index (χ0n) is 12.5. The van der Waals surface area contributed by atoms with Crippen molar-refractivity contribution in [3.8, 4) is 0 Å². The Kier molecular flexibility index (Phi) is 4.12. The lowest BCUT2D eigenvalue weighted by molar-refractivity contribution is -0.126. The van der Waals surface area contributed by atoms with Gasteiger partial charge in [0.25, 0.3) is 0 Å². The molecular weight excluding hydrogens is 288 g/mol. The summed E-state index contributed by atoms with van der Waals surface area (Å²) in [6.07, 6.45) is 3.44. The summed E-state index contributed by atoms with van der Waals surface area (Å²) in [5.74, 6) is 1.37. The summed E-state index contributed by atoms with van der Waals surface area (Å²) in [5.41, 5.74) is 0. The normalized spacial score (nSPS) is 27.5. The molecule has 1 aromatic rings. The van der Waals surface area contributed by atoms with Crippen LogP contribution in [0.4, 0.5) is 0 Å². The molecule has 7 heteroatoms. The molecule has 2 aliphatic heterocycles. The third-order valence-corrected chi connectivity index (χ3v) is 4.69. The molecule has 0 saturated carbocycles. The van der Waals surface area contributed by atoms with E-state index in [0.717, 1.165) is 25.1 Å². The summed E-state index contributed by atoms with van der Waals surface area (Å²) in [4.78, 5) is 12.2. The van der Waals surface area contributed by atoms with Crippen LogP contribution in [0.2, 0.25) is 0 Å². The van der Waals surface area contributed by atoms with Crippen LogP contribution in [0.5, 0.6) is 0 Å². The zero-order valence-corrected chi connectivity index (χ0v) is 13.3. The number of aromatic amines is 1. The summed E-state index contributed by atoms with van der Waals surface area (Å²) in [5, 5.41) is 10.1. The van der Waals surface area contributed by atoms with Crippen molar-refractivity contribution in [1.29, 1.82) is 0 Å². The molecule has 0 unspecified atom stereocenters. The SMILES string of the molecule is CC(C)c1n[nH]c(=S)n1CCNC(=O)[C@H]1C[C@H]2CC[C@H]1O2. The molecule has 2 saturated heterocycles. The van der Waals surface area contributed by atoms with Gasteiger partial charge in [-0.15, -0.1) is 0 Å². The number of fused-ring (bicyclic) bond motifs is 2. The van der Waals surface area contributed by atoms with Gasteiger partial charge in [0.2, 0.25) is 5.91 Å². The molecule has 3 heterocycles. The van der Waals surface area contributed by atoms with Gasteiger partial charge in [0.05, 0.1) is 18.1 Å². The fourth-order valence-electron chi connectivity index (χ4n) is 3.32. The highest BCUT2D eigenvalue weighted by Gasteiger charge is 2.44. The van der Waals surface area contributed by atoms with E-state index in [1.54, 1.807) is 0 Å². The minimum Gasteiger partial charge on any atom is -0.374 e. The maximum Gasteiger partial charge on any atom is 0.225 e. The molecule has 2 N–H and O–H groups in total. The van der Waals surface area contributed by atoms with Gasteiger partial charge in [0.1, 0.15) is 5.82 Å². The first-order valence-corrected chi connectivity index (χ1v) is 8.05. The maximum absolute atomic E-state index is 12.2. The minimum atomic E-state index is 0.0330. The Balaban J connectivity index is 1.53. The second-order valence-corrected chi connectivity index (χ2v) is 6.59. The van der Waals surface area contributed by atoms with Crippen molar-refractivity contribution >= 4 is 18.1 Å². The average Bonchev–Trinajstić information content (AvgIpc) is 3.14. The van der Waals surface area contributed by atoms with Gasteiger partial charge in [0.15, 0.2) is 4.77 Å². The second kappa shape index (κ2) is 5.88. The van der Waals surface area contributed by atoms with Crippen LogP contribution in [-0.4, -0.2) is 39.4 Å². The molecule has 6 nitrogen and oxygen atoms in total. The molecule has 0 spiro atoms. The van der Waals surface area contributed by atoms with Crippen LogP contribution < -0.4 is 5.32 Å². The Morgan fingerprint density at radius 1 is 1.57 bits per heavy atom. The maximum atomic E-state index is 12.2. The highest BCUT2D eigenvalue weighted by molar-refractivity contribution is 7.71. The number of aromatic nitrogens is 3. The van der Waals surface area contributed by atoms with Crippen LogP contribution in [0.15, 0.2) is 0 Å². The first-order chi connectivity index (χ1) is 10.1. The first-order valence-electron chi connectivity index (χ1n) is 7.64. The third kappa shape index (κ3) is 2.89. The molecule has 116 valence electrons. The van der Waals surface area contributed by atoms with Gasteiger partial charge in [-0.25, -0.2) is 0 Å². The molecule has 0 aromatic carbocycles. The summed E-state index contributed by atoms with van der Waals surface area (Å²) >= 11 is 5.23. The topological polar surface area (TPSA) is 71.9 Å². The standard InChI is InChI=1S/C14H22N4O2S/c1-8(2)12-16-17-14(21)18(12)6-5-15-13(19)10-7-9-3-4-11(10)20-9/h8-11H,3-7H2,1-2H3,(H,15,19)(H,17,21)/t9-,10+,11-/m1/s1. The molecule has 2 bridgehead atoms. The van der Waals surface area contributed by atoms with E-state index in [0.29, 0.717) is 29.9 Å². The lowest BCUT2D eigenvalue weighted by Gasteiger charge is -2.18. The van der Waals surface area contributed by atoms with E-state index < -0.39 is 0 Å². The van der Waals surface area contributed by atoms with Gasteiger partial charge in [0, 0.05) is 19.0 Å². The third-order valence-electron chi connectivity index (χ3n) is 4.38. The van der Waals surface area contributed by atoms with Crippen LogP contribution in [0.1, 0.15) is 44.9 Å². The van der Waals surface area contributed by atoms with Crippen LogP contribution in [0.25, 0.3) is 0 Å². The van der Waals surface area contributed by atoms with E-state index in [2.05, 4.69) is 29.4 Å². The lowest BCUT2D eigenvalue weighted by atomic mass is 9.88. The predicted molar refractivity (Wildman–Crippen MR) is 80.5 cm³/mol. The number of hydrogen-bond donors (Lipinski definition) is 2. The second-order valence-electron chi connectivity index (χ2n) is 6.20. The first kappa shape index (κ1) is 14.7. The molecule has 0 aliphatic carbocycles. The molecule has 2 fully saturated rings. The monoisotopic (exact) mass is 310 g/mol. The number of nitrogens with one attached hydrogen (secondary N) is 2. The molecule has 2 aliphatic rings. The van der Waals surface area contributed by atoms with E-state index in [9.17, 15) is 4.79 Å². The van der Waals surface area contributed by atoms with Crippen molar-refractivity contribution in [1.82, 2.24) is 20.1 Å². The smallest absolute Gasteiger partial charge is 0.225 e. The average molecular weight is 310 g/mol. The number of carbonyl (C=O) groups excluding carboxylic acids is 1. The van der Waals surface area contributed by atoms with Crippen LogP contribution >= 0.6 is 12.2 Å². The molecular formula is C14H22N4O2S. The molecule has 0 radical (unpaired) electrons. The molecule has 1 aromatic heterocycles. The van der Waals surface area contributed by atoms with Crippen molar-refractivity contribution in [3.63, 3.8) is 0 Å². The Hall–Kier alpha value is -1.21. The summed E-state index contributed by atoms with van der Waals surface area (Å²) < 4.78 is 8.29. The fourth-order valence-corrected chi connectivity index (χ4v) is 3.55. The molecule has 21 heavy (non-hydrogen) atoms. The van der Waals surface area contributed by atoms with Gasteiger partial charge in [-0.2, -0.15) is 5.10 Å². The van der Waals surface area contributed by atoms with Crippen molar-refractivity contribution in [3.05, 3.63) is 10.6 Å². The number of ether oxygens (including phenoxy) is 1. The summed E-state index contributed by atoms with van der Waals surface area (Å²) in [7, 11) is 0. The highest BCUT2D eigenvalue weighted by Crippen LogP contribution is 2.38. The van der Waals surface area contributed by atoms with E-state index in [1.165, 1.54) is 0 Å². The fraction of sp³-hybridized carbons (Fsp3) is 0.786. The summed E-state index contributed by atoms with van der Waals surface area (Å²) in [6, 6.07) is 0. The van der Waals surface area contributed by atoms with Gasteiger partial charge in [-0.1, -0.05) is 13.8 Å². The predicted octanol–water partition coefficient (Wildman–Crippen LogP) is 1.75. The summed E-state index contributed by atoms with van der Waals surface area (Å²) in [6.45, 7) is 5.37. The van der Waals surface area contributed by atoms with E-state index in [4.69, 9.17) is 17.0 Å². The van der Waals surface area contributed by atoms with Crippen LogP contribution in [-0.2, 0) is 16.1 Å². The van der Waals surface area contributed by atoms with Gasteiger partial charge < -0.3 is 14.6 Å². The van der Waals surface area contributed by atoms with Crippen LogP contribution in [0, 0.1) is 10.7 Å². The molecule has 3 atom stereocenters. The van der Waals surface area contributed by atoms with Crippen molar-refractivity contribution in [2.45, 2.75) is 57.8 Å². The lowest BCUT2D eigenvalue weighted by Crippen LogP contribution is -2.37. The van der Waals surface area contributed by atoms with Crippen molar-refractivity contribution < 1.29 is 9.53 Å². The Labute approximate surface area is 129 Å². The Morgan fingerprint density at radius 3 is 3.00 bits per heavy atom. The largest absolute Gasteiger partial charge is 0.374 e.